The van der Waals surface area contributed by atoms with E-state index in [2.05, 4.69) is 95.3 Å². The Morgan fingerprint density at radius 1 is 0.718 bits per heavy atom. The molecule has 0 amide bonds. The molecule has 0 aromatic heterocycles. The Morgan fingerprint density at radius 3 is 1.72 bits per heavy atom. The van der Waals surface area contributed by atoms with E-state index in [0.717, 1.165) is 28.7 Å². The second-order valence-electron chi connectivity index (χ2n) is 11.5. The van der Waals surface area contributed by atoms with Crippen molar-refractivity contribution >= 4 is 5.97 Å². The average molecular weight is 521 g/mol. The number of ether oxygens (including phenoxy) is 1. The molecule has 0 aliphatic carbocycles. The molecule has 0 fully saturated rings. The van der Waals surface area contributed by atoms with Crippen LogP contribution in [0.15, 0.2) is 97.1 Å². The van der Waals surface area contributed by atoms with Crippen LogP contribution in [-0.4, -0.2) is 11.1 Å². The molecule has 0 heterocycles. The molecule has 0 saturated heterocycles. The summed E-state index contributed by atoms with van der Waals surface area (Å²) >= 11 is 0. The lowest BCUT2D eigenvalue weighted by Gasteiger charge is -2.29. The third-order valence-corrected chi connectivity index (χ3v) is 8.08. The minimum absolute atomic E-state index is 0.215. The number of benzene rings is 4. The second kappa shape index (κ2) is 11.5. The summed E-state index contributed by atoms with van der Waals surface area (Å²) in [4.78, 5) is 12.6. The van der Waals surface area contributed by atoms with Gasteiger partial charge in [0.15, 0.2) is 0 Å². The molecule has 3 heteroatoms. The molecule has 3 nitrogen and oxygen atoms in total. The number of carbonyl (C=O) groups is 1. The summed E-state index contributed by atoms with van der Waals surface area (Å²) in [7, 11) is 0. The van der Waals surface area contributed by atoms with E-state index in [1.165, 1.54) is 11.1 Å². The minimum Gasteiger partial charge on any atom is -0.508 e. The maximum atomic E-state index is 12.6. The lowest BCUT2D eigenvalue weighted by atomic mass is 9.75. The number of aromatic hydroxyl groups is 1. The molecule has 4 rings (SSSR count). The molecular weight excluding hydrogens is 480 g/mol. The van der Waals surface area contributed by atoms with E-state index in [-0.39, 0.29) is 28.5 Å². The highest BCUT2D eigenvalue weighted by Crippen LogP contribution is 2.42. The van der Waals surface area contributed by atoms with Crippen LogP contribution in [0.5, 0.6) is 11.5 Å². The quantitative estimate of drug-likeness (QED) is 0.177. The summed E-state index contributed by atoms with van der Waals surface area (Å²) < 4.78 is 5.89. The number of phenols is 1. The van der Waals surface area contributed by atoms with Crippen LogP contribution >= 0.6 is 0 Å². The molecule has 1 N–H and O–H groups in total. The molecule has 0 aliphatic rings. The molecule has 1 atom stereocenters. The van der Waals surface area contributed by atoms with Gasteiger partial charge in [0.1, 0.15) is 11.5 Å². The van der Waals surface area contributed by atoms with E-state index in [4.69, 9.17) is 4.74 Å². The summed E-state index contributed by atoms with van der Waals surface area (Å²) in [6.07, 6.45) is 1.08. The molecule has 4 aromatic carbocycles. The van der Waals surface area contributed by atoms with Gasteiger partial charge >= 0.3 is 5.97 Å². The molecule has 4 aromatic rings. The van der Waals surface area contributed by atoms with Gasteiger partial charge in [-0.25, -0.2) is 0 Å². The number of carbonyl (C=O) groups excluding carboxylic acids is 1. The number of rotatable bonds is 9. The Hall–Kier alpha value is -3.85. The fraction of sp³-hybridized carbons (Fsp3) is 0.306. The van der Waals surface area contributed by atoms with Gasteiger partial charge in [0.2, 0.25) is 0 Å². The fourth-order valence-corrected chi connectivity index (χ4v) is 5.25. The third kappa shape index (κ3) is 5.93. The lowest BCUT2D eigenvalue weighted by Crippen LogP contribution is -2.20. The van der Waals surface area contributed by atoms with Crippen molar-refractivity contribution in [2.24, 2.45) is 0 Å². The Balaban J connectivity index is 1.82. The fourth-order valence-electron chi connectivity index (χ4n) is 5.25. The van der Waals surface area contributed by atoms with Gasteiger partial charge in [0.05, 0.1) is 0 Å². The number of hydrogen-bond donors (Lipinski definition) is 1. The molecule has 0 spiro atoms. The van der Waals surface area contributed by atoms with Gasteiger partial charge in [-0.2, -0.15) is 0 Å². The lowest BCUT2D eigenvalue weighted by molar-refractivity contribution is -0.134. The van der Waals surface area contributed by atoms with Gasteiger partial charge in [-0.3, -0.25) is 4.79 Å². The van der Waals surface area contributed by atoms with Crippen LogP contribution < -0.4 is 4.74 Å². The predicted molar refractivity (Wildman–Crippen MR) is 160 cm³/mol. The molecule has 0 saturated carbocycles. The van der Waals surface area contributed by atoms with Crippen LogP contribution in [0.4, 0.5) is 0 Å². The van der Waals surface area contributed by atoms with Crippen LogP contribution in [-0.2, 0) is 15.6 Å². The molecule has 39 heavy (non-hydrogen) atoms. The van der Waals surface area contributed by atoms with Crippen LogP contribution in [0.3, 0.4) is 0 Å². The molecule has 0 bridgehead atoms. The summed E-state index contributed by atoms with van der Waals surface area (Å²) in [5.41, 5.74) is 5.80. The Morgan fingerprint density at radius 2 is 1.21 bits per heavy atom. The maximum Gasteiger partial charge on any atom is 0.311 e. The summed E-state index contributed by atoms with van der Waals surface area (Å²) in [6.45, 7) is 12.8. The molecular formula is C36H40O3. The zero-order chi connectivity index (χ0) is 28.2. The predicted octanol–water partition coefficient (Wildman–Crippen LogP) is 8.90. The van der Waals surface area contributed by atoms with Gasteiger partial charge in [0, 0.05) is 34.3 Å². The Bertz CT molecular complexity index is 1420. The van der Waals surface area contributed by atoms with E-state index in [1.54, 1.807) is 6.07 Å². The first-order chi connectivity index (χ1) is 18.6. The topological polar surface area (TPSA) is 46.5 Å². The smallest absolute Gasteiger partial charge is 0.311 e. The van der Waals surface area contributed by atoms with Crippen molar-refractivity contribution in [3.8, 4) is 11.5 Å². The zero-order valence-corrected chi connectivity index (χ0v) is 24.0. The van der Waals surface area contributed by atoms with Gasteiger partial charge in [-0.15, -0.1) is 0 Å². The Labute approximate surface area is 233 Å². The van der Waals surface area contributed by atoms with Gasteiger partial charge in [0.25, 0.3) is 0 Å². The monoisotopic (exact) mass is 520 g/mol. The first-order valence-electron chi connectivity index (χ1n) is 13.8. The van der Waals surface area contributed by atoms with Gasteiger partial charge in [-0.1, -0.05) is 126 Å². The molecule has 202 valence electrons. The number of esters is 1. The van der Waals surface area contributed by atoms with Crippen LogP contribution in [0.25, 0.3) is 0 Å². The van der Waals surface area contributed by atoms with Crippen LogP contribution in [0.1, 0.15) is 93.7 Å². The molecule has 0 aliphatic heterocycles. The van der Waals surface area contributed by atoms with Crippen molar-refractivity contribution in [1.29, 1.82) is 0 Å². The van der Waals surface area contributed by atoms with Crippen LogP contribution in [0, 0.1) is 0 Å². The normalized spacial score (nSPS) is 12.7. The standard InChI is InChI=1S/C36H40O3/c1-7-14-34(38)39-33-22-20-29(36(5,6)27-17-12-9-13-18-27)24-31(33)25(2)30-23-28(19-21-32(30)37)35(3,4)26-15-10-8-11-16-26/h8-13,15-25,37H,7,14H2,1-6H3. The van der Waals surface area contributed by atoms with E-state index in [1.807, 2.05) is 37.3 Å². The van der Waals surface area contributed by atoms with Crippen molar-refractivity contribution in [2.75, 3.05) is 0 Å². The highest BCUT2D eigenvalue weighted by atomic mass is 16.5. The highest BCUT2D eigenvalue weighted by molar-refractivity contribution is 5.73. The van der Waals surface area contributed by atoms with Crippen molar-refractivity contribution in [1.82, 2.24) is 0 Å². The van der Waals surface area contributed by atoms with Crippen LogP contribution in [0.2, 0.25) is 0 Å². The Kier molecular flexibility index (Phi) is 8.30. The summed E-state index contributed by atoms with van der Waals surface area (Å²) in [5.74, 6) is 0.311. The number of phenolic OH excluding ortho intramolecular Hbond substituents is 1. The minimum atomic E-state index is -0.263. The number of hydrogen-bond acceptors (Lipinski definition) is 3. The second-order valence-corrected chi connectivity index (χ2v) is 11.5. The van der Waals surface area contributed by atoms with Crippen molar-refractivity contribution in [3.05, 3.63) is 130 Å². The van der Waals surface area contributed by atoms with E-state index >= 15 is 0 Å². The zero-order valence-electron chi connectivity index (χ0n) is 24.0. The third-order valence-electron chi connectivity index (χ3n) is 8.08. The first kappa shape index (κ1) is 28.2. The molecule has 1 unspecified atom stereocenters. The average Bonchev–Trinajstić information content (AvgIpc) is 2.94. The molecule has 0 radical (unpaired) electrons. The van der Waals surface area contributed by atoms with E-state index in [9.17, 15) is 9.90 Å². The maximum absolute atomic E-state index is 12.6. The van der Waals surface area contributed by atoms with Gasteiger partial charge < -0.3 is 9.84 Å². The van der Waals surface area contributed by atoms with Gasteiger partial charge in [-0.05, 0) is 40.8 Å². The highest BCUT2D eigenvalue weighted by Gasteiger charge is 2.28. The summed E-state index contributed by atoms with van der Waals surface area (Å²) in [5, 5.41) is 11.1. The van der Waals surface area contributed by atoms with E-state index < -0.39 is 0 Å². The first-order valence-corrected chi connectivity index (χ1v) is 13.8. The summed E-state index contributed by atoms with van der Waals surface area (Å²) in [6, 6.07) is 32.8. The largest absolute Gasteiger partial charge is 0.508 e. The van der Waals surface area contributed by atoms with E-state index in [0.29, 0.717) is 12.2 Å². The SMILES string of the molecule is CCCC(=O)Oc1ccc(C(C)(C)c2ccccc2)cc1C(C)c1cc(C(C)(C)c2ccccc2)ccc1O. The van der Waals surface area contributed by atoms with Crippen molar-refractivity contribution in [3.63, 3.8) is 0 Å². The van der Waals surface area contributed by atoms with Crippen molar-refractivity contribution < 1.29 is 14.6 Å². The van der Waals surface area contributed by atoms with Crippen molar-refractivity contribution in [2.45, 2.75) is 71.1 Å².